The van der Waals surface area contributed by atoms with Gasteiger partial charge >= 0.3 is 0 Å². The lowest BCUT2D eigenvalue weighted by atomic mass is 10.1. The largest absolute Gasteiger partial charge is 0.491 e. The number of nitrogens with one attached hydrogen (secondary N) is 1. The fourth-order valence-electron chi connectivity index (χ4n) is 1.46. The Hall–Kier alpha value is -1.71. The number of carbonyl (C=O) groups excluding carboxylic acids is 1. The molecule has 0 saturated carbocycles. The molecule has 4 heteroatoms. The van der Waals surface area contributed by atoms with Crippen LogP contribution in [-0.2, 0) is 0 Å². The second-order valence-electron chi connectivity index (χ2n) is 3.41. The first-order valence-corrected chi connectivity index (χ1v) is 4.50. The van der Waals surface area contributed by atoms with E-state index in [1.165, 1.54) is 0 Å². The van der Waals surface area contributed by atoms with Crippen LogP contribution in [-0.4, -0.2) is 18.6 Å². The van der Waals surface area contributed by atoms with Crippen LogP contribution < -0.4 is 15.8 Å². The number of hydrogen-bond acceptors (Lipinski definition) is 3. The lowest BCUT2D eigenvalue weighted by Gasteiger charge is -2.07. The fourth-order valence-corrected chi connectivity index (χ4v) is 1.46. The molecular weight excluding hydrogens is 180 g/mol. The van der Waals surface area contributed by atoms with Gasteiger partial charge in [0.05, 0.1) is 6.04 Å². The van der Waals surface area contributed by atoms with E-state index in [1.807, 2.05) is 6.92 Å². The maximum absolute atomic E-state index is 11.7. The summed E-state index contributed by atoms with van der Waals surface area (Å²) in [5.74, 6) is 0.398. The van der Waals surface area contributed by atoms with E-state index < -0.39 is 0 Å². The average molecular weight is 192 g/mol. The topological polar surface area (TPSA) is 64.3 Å². The highest BCUT2D eigenvalue weighted by atomic mass is 16.5. The highest BCUT2D eigenvalue weighted by Gasteiger charge is 2.21. The molecule has 74 valence electrons. The van der Waals surface area contributed by atoms with Gasteiger partial charge < -0.3 is 15.8 Å². The fraction of sp³-hybridized carbons (Fsp3) is 0.300. The molecule has 1 amide bonds. The van der Waals surface area contributed by atoms with Crippen molar-refractivity contribution in [2.24, 2.45) is 0 Å². The molecule has 0 unspecified atom stereocenters. The van der Waals surface area contributed by atoms with E-state index in [4.69, 9.17) is 10.5 Å². The smallest absolute Gasteiger partial charge is 0.257 e. The van der Waals surface area contributed by atoms with Gasteiger partial charge in [-0.1, -0.05) is 6.07 Å². The number of nitrogens with two attached hydrogens (primary N) is 1. The van der Waals surface area contributed by atoms with Crippen molar-refractivity contribution in [3.63, 3.8) is 0 Å². The average Bonchev–Trinajstić information content (AvgIpc) is 2.27. The molecule has 1 aromatic carbocycles. The van der Waals surface area contributed by atoms with Gasteiger partial charge in [0.15, 0.2) is 0 Å². The van der Waals surface area contributed by atoms with Gasteiger partial charge in [-0.25, -0.2) is 0 Å². The maximum atomic E-state index is 11.7. The minimum Gasteiger partial charge on any atom is -0.491 e. The van der Waals surface area contributed by atoms with Crippen molar-refractivity contribution in [3.8, 4) is 5.75 Å². The minimum absolute atomic E-state index is 0.00861. The number of fused-ring (bicyclic) bond motifs is 1. The zero-order valence-electron chi connectivity index (χ0n) is 7.91. The molecule has 1 aliphatic heterocycles. The number of benzene rings is 1. The summed E-state index contributed by atoms with van der Waals surface area (Å²) in [5, 5.41) is 2.79. The van der Waals surface area contributed by atoms with E-state index in [1.54, 1.807) is 18.2 Å². The van der Waals surface area contributed by atoms with Gasteiger partial charge in [-0.3, -0.25) is 4.79 Å². The number of ether oxygens (including phenoxy) is 1. The summed E-state index contributed by atoms with van der Waals surface area (Å²) in [6.07, 6.45) is 0. The summed E-state index contributed by atoms with van der Waals surface area (Å²) in [7, 11) is 0. The van der Waals surface area contributed by atoms with Crippen LogP contribution in [0, 0.1) is 0 Å². The van der Waals surface area contributed by atoms with Crippen molar-refractivity contribution in [1.29, 1.82) is 0 Å². The monoisotopic (exact) mass is 192 g/mol. The van der Waals surface area contributed by atoms with Crippen LogP contribution in [0.3, 0.4) is 0 Å². The summed E-state index contributed by atoms with van der Waals surface area (Å²) < 4.78 is 5.45. The molecule has 0 aromatic heterocycles. The number of rotatable bonds is 0. The molecule has 1 atom stereocenters. The van der Waals surface area contributed by atoms with Gasteiger partial charge in [-0.05, 0) is 19.1 Å². The van der Waals surface area contributed by atoms with E-state index in [0.717, 1.165) is 0 Å². The predicted octanol–water partition coefficient (Wildman–Crippen LogP) is 0.780. The first-order valence-electron chi connectivity index (χ1n) is 4.50. The summed E-state index contributed by atoms with van der Waals surface area (Å²) >= 11 is 0. The Labute approximate surface area is 82.1 Å². The molecule has 0 fully saturated rings. The first kappa shape index (κ1) is 8.87. The quantitative estimate of drug-likeness (QED) is 0.597. The Bertz CT molecular complexity index is 376. The highest BCUT2D eigenvalue weighted by Crippen LogP contribution is 2.26. The lowest BCUT2D eigenvalue weighted by molar-refractivity contribution is 0.0943. The van der Waals surface area contributed by atoms with Crippen molar-refractivity contribution < 1.29 is 9.53 Å². The van der Waals surface area contributed by atoms with E-state index in [9.17, 15) is 4.79 Å². The molecule has 0 aliphatic carbocycles. The van der Waals surface area contributed by atoms with Gasteiger partial charge in [0.25, 0.3) is 5.91 Å². The Morgan fingerprint density at radius 3 is 3.14 bits per heavy atom. The molecule has 1 heterocycles. The standard InChI is InChI=1S/C10H12N2O2/c1-6-5-14-8-4-2-3-7(11)9(8)10(13)12-6/h2-4,6H,5,11H2,1H3,(H,12,13)/t6-/m0/s1. The van der Waals surface area contributed by atoms with Crippen LogP contribution in [0.5, 0.6) is 5.75 Å². The van der Waals surface area contributed by atoms with Gasteiger partial charge in [-0.2, -0.15) is 0 Å². The van der Waals surface area contributed by atoms with Crippen LogP contribution in [0.25, 0.3) is 0 Å². The van der Waals surface area contributed by atoms with E-state index in [0.29, 0.717) is 23.6 Å². The summed E-state index contributed by atoms with van der Waals surface area (Å²) in [4.78, 5) is 11.7. The Morgan fingerprint density at radius 2 is 2.36 bits per heavy atom. The van der Waals surface area contributed by atoms with Crippen molar-refractivity contribution >= 4 is 11.6 Å². The lowest BCUT2D eigenvalue weighted by Crippen LogP contribution is -2.34. The second kappa shape index (κ2) is 3.21. The van der Waals surface area contributed by atoms with Crippen molar-refractivity contribution in [2.45, 2.75) is 13.0 Å². The molecule has 1 aromatic rings. The molecule has 0 saturated heterocycles. The number of anilines is 1. The van der Waals surface area contributed by atoms with Gasteiger partial charge in [-0.15, -0.1) is 0 Å². The van der Waals surface area contributed by atoms with Crippen LogP contribution in [0.1, 0.15) is 17.3 Å². The number of nitrogen functional groups attached to an aromatic ring is 1. The third kappa shape index (κ3) is 1.39. The Morgan fingerprint density at radius 1 is 1.57 bits per heavy atom. The molecule has 0 bridgehead atoms. The number of hydrogen-bond donors (Lipinski definition) is 2. The highest BCUT2D eigenvalue weighted by molar-refractivity contribution is 6.02. The van der Waals surface area contributed by atoms with Crippen molar-refractivity contribution in [2.75, 3.05) is 12.3 Å². The van der Waals surface area contributed by atoms with E-state index >= 15 is 0 Å². The number of amides is 1. The molecule has 2 rings (SSSR count). The maximum Gasteiger partial charge on any atom is 0.257 e. The molecule has 4 nitrogen and oxygen atoms in total. The van der Waals surface area contributed by atoms with Crippen LogP contribution in [0.2, 0.25) is 0 Å². The Balaban J connectivity index is 2.49. The molecule has 3 N–H and O–H groups in total. The third-order valence-electron chi connectivity index (χ3n) is 2.15. The van der Waals surface area contributed by atoms with E-state index in [2.05, 4.69) is 5.32 Å². The van der Waals surface area contributed by atoms with E-state index in [-0.39, 0.29) is 11.9 Å². The molecule has 14 heavy (non-hydrogen) atoms. The summed E-state index contributed by atoms with van der Waals surface area (Å²) in [5.41, 5.74) is 6.60. The molecular formula is C10H12N2O2. The summed E-state index contributed by atoms with van der Waals surface area (Å²) in [6, 6.07) is 5.23. The van der Waals surface area contributed by atoms with Gasteiger partial charge in [0.1, 0.15) is 17.9 Å². The first-order chi connectivity index (χ1) is 6.68. The zero-order chi connectivity index (χ0) is 10.1. The molecule has 0 spiro atoms. The van der Waals surface area contributed by atoms with Gasteiger partial charge in [0.2, 0.25) is 0 Å². The number of carbonyl (C=O) groups is 1. The normalized spacial score (nSPS) is 20.4. The third-order valence-corrected chi connectivity index (χ3v) is 2.15. The van der Waals surface area contributed by atoms with Crippen molar-refractivity contribution in [3.05, 3.63) is 23.8 Å². The van der Waals surface area contributed by atoms with Crippen molar-refractivity contribution in [1.82, 2.24) is 5.32 Å². The Kier molecular flexibility index (Phi) is 2.04. The zero-order valence-corrected chi connectivity index (χ0v) is 7.91. The summed E-state index contributed by atoms with van der Waals surface area (Å²) in [6.45, 7) is 2.36. The SMILES string of the molecule is C[C@H]1COc2cccc(N)c2C(=O)N1. The van der Waals surface area contributed by atoms with Gasteiger partial charge in [0, 0.05) is 5.69 Å². The van der Waals surface area contributed by atoms with Crippen LogP contribution in [0.15, 0.2) is 18.2 Å². The second-order valence-corrected chi connectivity index (χ2v) is 3.41. The predicted molar refractivity (Wildman–Crippen MR) is 53.3 cm³/mol. The van der Waals surface area contributed by atoms with Crippen LogP contribution in [0.4, 0.5) is 5.69 Å². The molecule has 1 aliphatic rings. The van der Waals surface area contributed by atoms with Crippen LogP contribution >= 0.6 is 0 Å². The molecule has 0 radical (unpaired) electrons. The minimum atomic E-state index is -0.164.